The van der Waals surface area contributed by atoms with E-state index in [2.05, 4.69) is 24.2 Å². The fraction of sp³-hybridized carbons (Fsp3) is 0.533. The summed E-state index contributed by atoms with van der Waals surface area (Å²) in [4.78, 5) is 14.0. The number of ether oxygens (including phenoxy) is 1. The van der Waals surface area contributed by atoms with Crippen molar-refractivity contribution in [2.45, 2.75) is 26.7 Å². The minimum absolute atomic E-state index is 0.334. The van der Waals surface area contributed by atoms with Gasteiger partial charge in [0.15, 0.2) is 0 Å². The molecule has 0 atom stereocenters. The number of nitrogens with one attached hydrogen (secondary N) is 1. The second-order valence-corrected chi connectivity index (χ2v) is 4.66. The highest BCUT2D eigenvalue weighted by Gasteiger charge is 2.11. The van der Waals surface area contributed by atoms with E-state index in [0.717, 1.165) is 32.5 Å². The highest BCUT2D eigenvalue weighted by molar-refractivity contribution is 5.96. The molecule has 0 aliphatic carbocycles. The average Bonchev–Trinajstić information content (AvgIpc) is 2.47. The monoisotopic (exact) mass is 279 g/mol. The Morgan fingerprint density at radius 1 is 1.20 bits per heavy atom. The Balaban J connectivity index is 2.54. The molecule has 20 heavy (non-hydrogen) atoms. The Bertz CT molecular complexity index is 404. The summed E-state index contributed by atoms with van der Waals surface area (Å²) in [6.07, 6.45) is 2.26. The van der Waals surface area contributed by atoms with Gasteiger partial charge >= 0.3 is 0 Å². The van der Waals surface area contributed by atoms with Crippen LogP contribution in [0.2, 0.25) is 0 Å². The van der Waals surface area contributed by atoms with Crippen molar-refractivity contribution in [3.63, 3.8) is 0 Å². The Kier molecular flexibility index (Phi) is 7.69. The van der Waals surface area contributed by atoms with Gasteiger partial charge < -0.3 is 4.74 Å². The summed E-state index contributed by atoms with van der Waals surface area (Å²) < 4.78 is 5.73. The first-order valence-corrected chi connectivity index (χ1v) is 7.18. The molecule has 0 radical (unpaired) electrons. The molecule has 1 rings (SSSR count). The molecule has 0 bridgehead atoms. The summed E-state index contributed by atoms with van der Waals surface area (Å²) in [5, 5.41) is 0. The number of benzene rings is 1. The quantitative estimate of drug-likeness (QED) is 0.411. The van der Waals surface area contributed by atoms with Gasteiger partial charge in [0.1, 0.15) is 12.4 Å². The van der Waals surface area contributed by atoms with Crippen LogP contribution in [0.1, 0.15) is 37.0 Å². The van der Waals surface area contributed by atoms with Crippen LogP contribution in [0.4, 0.5) is 0 Å². The number of para-hydroxylation sites is 1. The normalized spacial score (nSPS) is 10.6. The lowest BCUT2D eigenvalue weighted by Crippen LogP contribution is -2.31. The summed E-state index contributed by atoms with van der Waals surface area (Å²) in [6, 6.07) is 7.12. The molecule has 1 amide bonds. The third-order valence-corrected chi connectivity index (χ3v) is 3.01. The van der Waals surface area contributed by atoms with Crippen LogP contribution in [-0.2, 0) is 0 Å². The Morgan fingerprint density at radius 2 is 1.85 bits per heavy atom. The van der Waals surface area contributed by atoms with E-state index in [-0.39, 0.29) is 5.91 Å². The van der Waals surface area contributed by atoms with Gasteiger partial charge in [0.2, 0.25) is 0 Å². The molecule has 0 aromatic heterocycles. The number of nitrogens with zero attached hydrogens (tertiary/aromatic N) is 1. The van der Waals surface area contributed by atoms with Crippen molar-refractivity contribution in [1.29, 1.82) is 0 Å². The van der Waals surface area contributed by atoms with Gasteiger partial charge in [-0.2, -0.15) is 0 Å². The van der Waals surface area contributed by atoms with Gasteiger partial charge in [-0.25, -0.2) is 5.84 Å². The standard InChI is InChI=1S/C15H25N3O2/c1-3-9-18(10-4-2)11-12-20-14-8-6-5-7-13(14)15(19)17-16/h5-8H,3-4,9-12,16H2,1-2H3,(H,17,19). The van der Waals surface area contributed by atoms with Crippen LogP contribution < -0.4 is 16.0 Å². The predicted octanol–water partition coefficient (Wildman–Crippen LogP) is 1.79. The molecule has 1 aromatic rings. The Morgan fingerprint density at radius 3 is 2.45 bits per heavy atom. The highest BCUT2D eigenvalue weighted by atomic mass is 16.5. The molecular formula is C15H25N3O2. The minimum Gasteiger partial charge on any atom is -0.491 e. The molecule has 5 heteroatoms. The third kappa shape index (κ3) is 5.19. The molecule has 1 aromatic carbocycles. The number of nitrogens with two attached hydrogens (primary N) is 1. The first kappa shape index (κ1) is 16.5. The van der Waals surface area contributed by atoms with Crippen LogP contribution in [0.25, 0.3) is 0 Å². The lowest BCUT2D eigenvalue weighted by atomic mass is 10.2. The predicted molar refractivity (Wildman–Crippen MR) is 80.6 cm³/mol. The lowest BCUT2D eigenvalue weighted by Gasteiger charge is -2.21. The molecule has 0 aliphatic heterocycles. The van der Waals surface area contributed by atoms with Crippen molar-refractivity contribution in [3.8, 4) is 5.75 Å². The van der Waals surface area contributed by atoms with E-state index in [4.69, 9.17) is 10.6 Å². The molecule has 5 nitrogen and oxygen atoms in total. The van der Waals surface area contributed by atoms with Crippen LogP contribution >= 0.6 is 0 Å². The van der Waals surface area contributed by atoms with Gasteiger partial charge in [0, 0.05) is 6.54 Å². The maximum Gasteiger partial charge on any atom is 0.268 e. The summed E-state index contributed by atoms with van der Waals surface area (Å²) in [7, 11) is 0. The lowest BCUT2D eigenvalue weighted by molar-refractivity contribution is 0.0948. The number of carbonyl (C=O) groups excluding carboxylic acids is 1. The maximum absolute atomic E-state index is 11.6. The summed E-state index contributed by atoms with van der Waals surface area (Å²) in [5.74, 6) is 5.40. The van der Waals surface area contributed by atoms with E-state index in [9.17, 15) is 4.79 Å². The Labute approximate surface area is 121 Å². The zero-order valence-electron chi connectivity index (χ0n) is 12.4. The molecule has 3 N–H and O–H groups in total. The molecule has 112 valence electrons. The number of amides is 1. The second-order valence-electron chi connectivity index (χ2n) is 4.66. The van der Waals surface area contributed by atoms with Gasteiger partial charge in [-0.05, 0) is 38.1 Å². The SMILES string of the molecule is CCCN(CCC)CCOc1ccccc1C(=O)NN. The van der Waals surface area contributed by atoms with Crippen LogP contribution in [-0.4, -0.2) is 37.0 Å². The number of rotatable bonds is 9. The number of hydrogen-bond donors (Lipinski definition) is 2. The molecule has 0 unspecified atom stereocenters. The Hall–Kier alpha value is -1.59. The fourth-order valence-electron chi connectivity index (χ4n) is 2.11. The van der Waals surface area contributed by atoms with Gasteiger partial charge in [-0.3, -0.25) is 15.1 Å². The minimum atomic E-state index is -0.334. The molecule has 0 aliphatic rings. The number of nitrogen functional groups attached to an aromatic ring is 1. The molecule has 0 saturated carbocycles. The van der Waals surface area contributed by atoms with E-state index in [1.165, 1.54) is 0 Å². The zero-order chi connectivity index (χ0) is 14.8. The smallest absolute Gasteiger partial charge is 0.268 e. The second kappa shape index (κ2) is 9.34. The average molecular weight is 279 g/mol. The van der Waals surface area contributed by atoms with E-state index in [1.807, 2.05) is 6.07 Å². The van der Waals surface area contributed by atoms with Gasteiger partial charge in [-0.1, -0.05) is 26.0 Å². The highest BCUT2D eigenvalue weighted by Crippen LogP contribution is 2.17. The fourth-order valence-corrected chi connectivity index (χ4v) is 2.11. The van der Waals surface area contributed by atoms with E-state index >= 15 is 0 Å². The number of hydrogen-bond acceptors (Lipinski definition) is 4. The van der Waals surface area contributed by atoms with Crippen LogP contribution in [0.15, 0.2) is 24.3 Å². The van der Waals surface area contributed by atoms with Crippen molar-refractivity contribution < 1.29 is 9.53 Å². The van der Waals surface area contributed by atoms with E-state index < -0.39 is 0 Å². The number of carbonyl (C=O) groups is 1. The van der Waals surface area contributed by atoms with Crippen molar-refractivity contribution in [2.24, 2.45) is 5.84 Å². The van der Waals surface area contributed by atoms with E-state index in [0.29, 0.717) is 17.9 Å². The van der Waals surface area contributed by atoms with Gasteiger partial charge in [-0.15, -0.1) is 0 Å². The topological polar surface area (TPSA) is 67.6 Å². The number of hydrazine groups is 1. The first-order chi connectivity index (χ1) is 9.72. The van der Waals surface area contributed by atoms with E-state index in [1.54, 1.807) is 18.2 Å². The van der Waals surface area contributed by atoms with Crippen LogP contribution in [0.3, 0.4) is 0 Å². The van der Waals surface area contributed by atoms with Crippen molar-refractivity contribution >= 4 is 5.91 Å². The molecular weight excluding hydrogens is 254 g/mol. The maximum atomic E-state index is 11.6. The zero-order valence-corrected chi connectivity index (χ0v) is 12.4. The molecule has 0 spiro atoms. The molecule has 0 saturated heterocycles. The van der Waals surface area contributed by atoms with Crippen LogP contribution in [0, 0.1) is 0 Å². The summed E-state index contributed by atoms with van der Waals surface area (Å²) in [5.41, 5.74) is 2.60. The molecule has 0 heterocycles. The van der Waals surface area contributed by atoms with Crippen molar-refractivity contribution in [2.75, 3.05) is 26.2 Å². The first-order valence-electron chi connectivity index (χ1n) is 7.18. The summed E-state index contributed by atoms with van der Waals surface area (Å²) >= 11 is 0. The van der Waals surface area contributed by atoms with Crippen molar-refractivity contribution in [3.05, 3.63) is 29.8 Å². The van der Waals surface area contributed by atoms with Gasteiger partial charge in [0.05, 0.1) is 5.56 Å². The summed E-state index contributed by atoms with van der Waals surface area (Å²) in [6.45, 7) is 7.91. The van der Waals surface area contributed by atoms with Crippen molar-refractivity contribution in [1.82, 2.24) is 10.3 Å². The van der Waals surface area contributed by atoms with Gasteiger partial charge in [0.25, 0.3) is 5.91 Å². The largest absolute Gasteiger partial charge is 0.491 e. The third-order valence-electron chi connectivity index (χ3n) is 3.01. The van der Waals surface area contributed by atoms with Crippen LogP contribution in [0.5, 0.6) is 5.75 Å². The molecule has 0 fully saturated rings.